The number of rotatable bonds is 5. The standard InChI is InChI=1S/C30H35N5O4S/c1-29-14-19(29)13-21(32-25(36)24-12-18-6-4-5-7-23(18)40-24)26(37)35-20(15-29)8-9-22(35)27(38)34-16-30(17-34,39-3)28-31-10-11-33(28)2/h4-7,10-12,19-22H,8-9,13-17H2,1-3H3,(H,32,36)/t19-,20-,21+,22+,29-/m1/s1. The Kier molecular flexibility index (Phi) is 5.87. The number of fused-ring (bicyclic) bond motifs is 3. The van der Waals surface area contributed by atoms with Crippen molar-refractivity contribution in [2.24, 2.45) is 18.4 Å². The fourth-order valence-electron chi connectivity index (χ4n) is 7.43. The van der Waals surface area contributed by atoms with E-state index in [1.807, 2.05) is 53.0 Å². The second-order valence-electron chi connectivity index (χ2n) is 12.4. The van der Waals surface area contributed by atoms with Gasteiger partial charge in [-0.25, -0.2) is 4.98 Å². The monoisotopic (exact) mass is 561 g/mol. The number of nitrogens with zero attached hydrogens (tertiary/aromatic N) is 4. The lowest BCUT2D eigenvalue weighted by molar-refractivity contribution is -0.173. The molecule has 5 atom stereocenters. The molecule has 9 nitrogen and oxygen atoms in total. The molecule has 5 heterocycles. The van der Waals surface area contributed by atoms with Gasteiger partial charge in [0.1, 0.15) is 17.9 Å². The first-order valence-corrected chi connectivity index (χ1v) is 15.0. The maximum atomic E-state index is 14.2. The van der Waals surface area contributed by atoms with E-state index in [1.165, 1.54) is 11.3 Å². The minimum absolute atomic E-state index is 0.0171. The summed E-state index contributed by atoms with van der Waals surface area (Å²) in [6.07, 6.45) is 7.66. The zero-order valence-electron chi connectivity index (χ0n) is 23.1. The molecule has 2 aromatic heterocycles. The maximum absolute atomic E-state index is 14.2. The second-order valence-corrected chi connectivity index (χ2v) is 13.5. The van der Waals surface area contributed by atoms with Crippen LogP contribution in [0.4, 0.5) is 0 Å². The number of thiophene rings is 1. The number of methoxy groups -OCH3 is 1. The highest BCUT2D eigenvalue weighted by Crippen LogP contribution is 2.60. The number of aryl methyl sites for hydroxylation is 1. The van der Waals surface area contributed by atoms with Crippen LogP contribution in [0.3, 0.4) is 0 Å². The second kappa shape index (κ2) is 9.14. The van der Waals surface area contributed by atoms with Crippen molar-refractivity contribution in [1.82, 2.24) is 24.7 Å². The van der Waals surface area contributed by atoms with E-state index in [0.717, 1.165) is 35.2 Å². The summed E-state index contributed by atoms with van der Waals surface area (Å²) >= 11 is 1.44. The predicted molar refractivity (Wildman–Crippen MR) is 151 cm³/mol. The van der Waals surface area contributed by atoms with Gasteiger partial charge in [0.15, 0.2) is 5.60 Å². The normalized spacial score (nSPS) is 30.7. The fourth-order valence-corrected chi connectivity index (χ4v) is 8.40. The van der Waals surface area contributed by atoms with E-state index in [0.29, 0.717) is 36.7 Å². The highest BCUT2D eigenvalue weighted by molar-refractivity contribution is 7.20. The van der Waals surface area contributed by atoms with Crippen LogP contribution >= 0.6 is 11.3 Å². The number of hydrogen-bond donors (Lipinski definition) is 1. The molecule has 10 heteroatoms. The number of ether oxygens (including phenoxy) is 1. The van der Waals surface area contributed by atoms with Crippen LogP contribution in [0.1, 0.15) is 54.5 Å². The summed E-state index contributed by atoms with van der Waals surface area (Å²) in [5, 5.41) is 4.11. The molecule has 4 aliphatic rings. The molecule has 3 aliphatic heterocycles. The molecule has 1 aliphatic carbocycles. The third-order valence-electron chi connectivity index (χ3n) is 9.88. The number of amides is 3. The summed E-state index contributed by atoms with van der Waals surface area (Å²) in [6.45, 7) is 3.10. The van der Waals surface area contributed by atoms with Gasteiger partial charge in [-0.1, -0.05) is 25.1 Å². The molecule has 1 N–H and O–H groups in total. The van der Waals surface area contributed by atoms with Gasteiger partial charge in [0.05, 0.1) is 18.0 Å². The average Bonchev–Trinajstić information content (AvgIpc) is 3.35. The third kappa shape index (κ3) is 3.98. The third-order valence-corrected chi connectivity index (χ3v) is 11.0. The van der Waals surface area contributed by atoms with E-state index >= 15 is 0 Å². The SMILES string of the molecule is COC1(c2nccn2C)CN(C(=O)[C@@H]2CC[C@@H]3C[C@@]4(C)C[C@H]4C[C@H](NC(=O)c4cc5ccccc5s4)C(=O)N32)C1. The summed E-state index contributed by atoms with van der Waals surface area (Å²) in [6, 6.07) is 8.67. The van der Waals surface area contributed by atoms with Crippen molar-refractivity contribution in [1.29, 1.82) is 0 Å². The number of imidazole rings is 1. The van der Waals surface area contributed by atoms with Crippen LogP contribution in [0.25, 0.3) is 10.1 Å². The Balaban J connectivity index is 1.11. The van der Waals surface area contributed by atoms with Crippen molar-refractivity contribution in [3.05, 3.63) is 53.4 Å². The van der Waals surface area contributed by atoms with Gasteiger partial charge in [-0.2, -0.15) is 0 Å². The molecule has 3 saturated heterocycles. The Morgan fingerprint density at radius 3 is 2.70 bits per heavy atom. The van der Waals surface area contributed by atoms with Gasteiger partial charge in [0.2, 0.25) is 11.8 Å². The van der Waals surface area contributed by atoms with Crippen LogP contribution in [0, 0.1) is 11.3 Å². The van der Waals surface area contributed by atoms with E-state index in [4.69, 9.17) is 4.74 Å². The first kappa shape index (κ1) is 25.7. The Labute approximate surface area is 237 Å². The highest BCUT2D eigenvalue weighted by atomic mass is 32.1. The molecule has 40 heavy (non-hydrogen) atoms. The van der Waals surface area contributed by atoms with Crippen molar-refractivity contribution in [2.45, 2.75) is 62.8 Å². The molecule has 1 saturated carbocycles. The van der Waals surface area contributed by atoms with E-state index in [1.54, 1.807) is 18.2 Å². The largest absolute Gasteiger partial charge is 0.367 e. The number of nitrogens with one attached hydrogen (secondary N) is 1. The summed E-state index contributed by atoms with van der Waals surface area (Å²) in [5.74, 6) is 0.833. The minimum Gasteiger partial charge on any atom is -0.367 e. The van der Waals surface area contributed by atoms with Gasteiger partial charge in [-0.3, -0.25) is 14.4 Å². The number of hydrogen-bond acceptors (Lipinski definition) is 6. The number of aromatic nitrogens is 2. The smallest absolute Gasteiger partial charge is 0.262 e. The van der Waals surface area contributed by atoms with Gasteiger partial charge >= 0.3 is 0 Å². The Bertz CT molecular complexity index is 1480. The van der Waals surface area contributed by atoms with Crippen LogP contribution in [0.15, 0.2) is 42.7 Å². The Morgan fingerprint density at radius 2 is 1.98 bits per heavy atom. The van der Waals surface area contributed by atoms with Crippen LogP contribution < -0.4 is 5.32 Å². The van der Waals surface area contributed by atoms with Gasteiger partial charge in [-0.05, 0) is 61.0 Å². The van der Waals surface area contributed by atoms with Gasteiger partial charge in [0, 0.05) is 37.3 Å². The van der Waals surface area contributed by atoms with Crippen molar-refractivity contribution < 1.29 is 19.1 Å². The molecule has 0 radical (unpaired) electrons. The van der Waals surface area contributed by atoms with Crippen molar-refractivity contribution >= 4 is 39.1 Å². The Hall–Kier alpha value is -3.24. The predicted octanol–water partition coefficient (Wildman–Crippen LogP) is 3.30. The molecule has 3 aromatic rings. The molecule has 4 fully saturated rings. The lowest BCUT2D eigenvalue weighted by atomic mass is 9.90. The summed E-state index contributed by atoms with van der Waals surface area (Å²) < 4.78 is 8.83. The van der Waals surface area contributed by atoms with Crippen LogP contribution in [-0.2, 0) is 27.0 Å². The van der Waals surface area contributed by atoms with Crippen molar-refractivity contribution in [3.8, 4) is 0 Å². The summed E-state index contributed by atoms with van der Waals surface area (Å²) in [5.41, 5.74) is -0.482. The van der Waals surface area contributed by atoms with E-state index in [-0.39, 0.29) is 29.2 Å². The molecule has 0 bridgehead atoms. The number of carbonyl (C=O) groups is 3. The summed E-state index contributed by atoms with van der Waals surface area (Å²) in [4.78, 5) is 50.1. The minimum atomic E-state index is -0.637. The zero-order valence-corrected chi connectivity index (χ0v) is 23.9. The van der Waals surface area contributed by atoms with E-state index < -0.39 is 17.7 Å². The molecule has 7 rings (SSSR count). The molecule has 210 valence electrons. The van der Waals surface area contributed by atoms with Crippen LogP contribution in [0.2, 0.25) is 0 Å². The Morgan fingerprint density at radius 1 is 1.18 bits per heavy atom. The molecule has 3 amide bonds. The maximum Gasteiger partial charge on any atom is 0.262 e. The molecule has 0 spiro atoms. The number of likely N-dealkylation sites (tertiary alicyclic amines) is 1. The number of benzene rings is 1. The van der Waals surface area contributed by atoms with Crippen LogP contribution in [-0.4, -0.2) is 75.4 Å². The lowest BCUT2D eigenvalue weighted by Crippen LogP contribution is -2.66. The molecule has 1 aromatic carbocycles. The molecular weight excluding hydrogens is 526 g/mol. The lowest BCUT2D eigenvalue weighted by Gasteiger charge is -2.49. The quantitative estimate of drug-likeness (QED) is 0.516. The van der Waals surface area contributed by atoms with Gasteiger partial charge in [0.25, 0.3) is 5.91 Å². The van der Waals surface area contributed by atoms with E-state index in [2.05, 4.69) is 17.2 Å². The first-order valence-electron chi connectivity index (χ1n) is 14.1. The van der Waals surface area contributed by atoms with Crippen LogP contribution in [0.5, 0.6) is 0 Å². The van der Waals surface area contributed by atoms with Crippen molar-refractivity contribution in [3.63, 3.8) is 0 Å². The molecular formula is C30H35N5O4S. The van der Waals surface area contributed by atoms with E-state index in [9.17, 15) is 14.4 Å². The highest BCUT2D eigenvalue weighted by Gasteiger charge is 2.59. The van der Waals surface area contributed by atoms with Crippen molar-refractivity contribution in [2.75, 3.05) is 20.2 Å². The topological polar surface area (TPSA) is 96.8 Å². The zero-order chi connectivity index (χ0) is 27.8. The van der Waals surface area contributed by atoms with Gasteiger partial charge < -0.3 is 24.4 Å². The fraction of sp³-hybridized carbons (Fsp3) is 0.533. The van der Waals surface area contributed by atoms with Gasteiger partial charge in [-0.15, -0.1) is 11.3 Å². The number of carbonyl (C=O) groups excluding carboxylic acids is 3. The first-order chi connectivity index (χ1) is 19.2. The average molecular weight is 562 g/mol. The summed E-state index contributed by atoms with van der Waals surface area (Å²) in [7, 11) is 3.58. The molecule has 0 unspecified atom stereocenters.